The maximum Gasteiger partial charge on any atom is 0.248 e. The van der Waals surface area contributed by atoms with Crippen LogP contribution in [0.3, 0.4) is 0 Å². The molecule has 4 atom stereocenters. The van der Waals surface area contributed by atoms with Gasteiger partial charge in [-0.05, 0) is 45.1 Å². The molecule has 32 heavy (non-hydrogen) atoms. The van der Waals surface area contributed by atoms with E-state index < -0.39 is 0 Å². The van der Waals surface area contributed by atoms with Crippen LogP contribution in [0.1, 0.15) is 44.2 Å². The molecule has 0 bridgehead atoms. The summed E-state index contributed by atoms with van der Waals surface area (Å²) >= 11 is 0. The number of hydrogen-bond donors (Lipinski definition) is 4. The van der Waals surface area contributed by atoms with Gasteiger partial charge in [-0.15, -0.1) is 0 Å². The zero-order chi connectivity index (χ0) is 21.9. The Hall–Kier alpha value is -3.38. The molecule has 0 spiro atoms. The van der Waals surface area contributed by atoms with E-state index in [2.05, 4.69) is 36.8 Å². The van der Waals surface area contributed by atoms with Gasteiger partial charge in [0.05, 0.1) is 11.6 Å². The number of anilines is 3. The third kappa shape index (κ3) is 3.06. The molecule has 3 fully saturated rings. The van der Waals surface area contributed by atoms with Crippen molar-refractivity contribution >= 4 is 28.4 Å². The summed E-state index contributed by atoms with van der Waals surface area (Å²) in [4.78, 5) is 22.4. The fourth-order valence-electron chi connectivity index (χ4n) is 6.24. The number of pyridine rings is 2. The summed E-state index contributed by atoms with van der Waals surface area (Å²) < 4.78 is 0. The molecule has 164 valence electrons. The molecule has 3 aromatic heterocycles. The standard InChI is InChI=1S/C23H26N8O/c1-13-7-20(30-29-13)27-19-10-18-17(3-4-21(32)26-18)22(28-19)25-14-8-15-11-23(5-2-6-24)12-16(9-14)31(15)23/h3-4,7,10,14-16H,2,5,8-9,11-12H2,1H3,(H,26,32)(H3,25,27,28,29,30)/t14?,15-,16+,23?. The first-order valence-electron chi connectivity index (χ1n) is 11.3. The first kappa shape index (κ1) is 19.3. The minimum absolute atomic E-state index is 0.137. The van der Waals surface area contributed by atoms with Gasteiger partial charge in [0.25, 0.3) is 0 Å². The molecule has 0 saturated carbocycles. The number of aromatic amines is 2. The summed E-state index contributed by atoms with van der Waals surface area (Å²) in [5, 5.41) is 23.9. The number of nitrogens with zero attached hydrogens (tertiary/aromatic N) is 4. The smallest absolute Gasteiger partial charge is 0.248 e. The van der Waals surface area contributed by atoms with Gasteiger partial charge in [-0.3, -0.25) is 14.8 Å². The van der Waals surface area contributed by atoms with Crippen molar-refractivity contribution < 1.29 is 0 Å². The Kier molecular flexibility index (Phi) is 4.27. The second kappa shape index (κ2) is 7.07. The molecule has 2 unspecified atom stereocenters. The zero-order valence-corrected chi connectivity index (χ0v) is 18.0. The SMILES string of the molecule is Cc1cc(Nc2cc3[nH]c(=O)ccc3c(NC3C[C@@H]4CC5(CCC#N)C[C@H](C3)N45)n2)n[nH]1. The van der Waals surface area contributed by atoms with Crippen molar-refractivity contribution in [3.63, 3.8) is 0 Å². The minimum atomic E-state index is -0.137. The maximum absolute atomic E-state index is 11.9. The van der Waals surface area contributed by atoms with Gasteiger partial charge in [-0.2, -0.15) is 10.4 Å². The van der Waals surface area contributed by atoms with Gasteiger partial charge >= 0.3 is 0 Å². The maximum atomic E-state index is 11.9. The summed E-state index contributed by atoms with van der Waals surface area (Å²) in [6.45, 7) is 1.94. The summed E-state index contributed by atoms with van der Waals surface area (Å²) in [7, 11) is 0. The lowest BCUT2D eigenvalue weighted by molar-refractivity contribution is -0.222. The summed E-state index contributed by atoms with van der Waals surface area (Å²) in [6, 6.07) is 11.0. The van der Waals surface area contributed by atoms with Crippen LogP contribution in [0.4, 0.5) is 17.5 Å². The van der Waals surface area contributed by atoms with Crippen LogP contribution < -0.4 is 16.2 Å². The van der Waals surface area contributed by atoms with Gasteiger partial charge in [0.2, 0.25) is 5.56 Å². The Balaban J connectivity index is 1.24. The number of aryl methyl sites for hydroxylation is 1. The van der Waals surface area contributed by atoms with Crippen LogP contribution in [-0.2, 0) is 0 Å². The second-order valence-corrected chi connectivity index (χ2v) is 9.52. The highest BCUT2D eigenvalue weighted by molar-refractivity contribution is 5.91. The highest BCUT2D eigenvalue weighted by atomic mass is 16.1. The lowest BCUT2D eigenvalue weighted by atomic mass is 9.57. The number of nitriles is 1. The third-order valence-corrected chi connectivity index (χ3v) is 7.40. The van der Waals surface area contributed by atoms with Gasteiger partial charge < -0.3 is 15.6 Å². The summed E-state index contributed by atoms with van der Waals surface area (Å²) in [5.41, 5.74) is 1.87. The first-order chi connectivity index (χ1) is 15.5. The number of hydrogen-bond acceptors (Lipinski definition) is 7. The van der Waals surface area contributed by atoms with Crippen LogP contribution in [0.15, 0.2) is 29.1 Å². The number of piperidine rings is 2. The molecule has 0 aromatic carbocycles. The molecule has 6 rings (SSSR count). The van der Waals surface area contributed by atoms with E-state index in [4.69, 9.17) is 10.2 Å². The monoisotopic (exact) mass is 430 g/mol. The fourth-order valence-corrected chi connectivity index (χ4v) is 6.24. The van der Waals surface area contributed by atoms with E-state index in [1.165, 1.54) is 12.8 Å². The Morgan fingerprint density at radius 2 is 2.06 bits per heavy atom. The normalized spacial score (nSPS) is 28.3. The molecule has 3 aromatic rings. The van der Waals surface area contributed by atoms with Gasteiger partial charge in [0.15, 0.2) is 5.82 Å². The predicted molar refractivity (Wildman–Crippen MR) is 122 cm³/mol. The van der Waals surface area contributed by atoms with E-state index >= 15 is 0 Å². The zero-order valence-electron chi connectivity index (χ0n) is 18.0. The molecule has 9 heteroatoms. The highest BCUT2D eigenvalue weighted by Gasteiger charge is 2.64. The lowest BCUT2D eigenvalue weighted by Gasteiger charge is -2.74. The summed E-state index contributed by atoms with van der Waals surface area (Å²) in [6.07, 6.45) is 6.21. The molecule has 3 aliphatic heterocycles. The van der Waals surface area contributed by atoms with E-state index in [0.29, 0.717) is 41.7 Å². The lowest BCUT2D eigenvalue weighted by Crippen LogP contribution is -2.81. The average Bonchev–Trinajstić information content (AvgIpc) is 3.13. The number of H-pyrrole nitrogens is 2. The van der Waals surface area contributed by atoms with E-state index in [1.54, 1.807) is 6.07 Å². The van der Waals surface area contributed by atoms with E-state index in [1.807, 2.05) is 25.1 Å². The van der Waals surface area contributed by atoms with Crippen LogP contribution in [0.25, 0.3) is 10.9 Å². The number of aromatic nitrogens is 4. The molecule has 4 N–H and O–H groups in total. The topological polar surface area (TPSA) is 126 Å². The molecular weight excluding hydrogens is 404 g/mol. The van der Waals surface area contributed by atoms with Crippen LogP contribution in [0.2, 0.25) is 0 Å². The molecule has 0 radical (unpaired) electrons. The first-order valence-corrected chi connectivity index (χ1v) is 11.3. The van der Waals surface area contributed by atoms with Gasteiger partial charge in [-0.25, -0.2) is 4.98 Å². The van der Waals surface area contributed by atoms with Crippen LogP contribution in [0.5, 0.6) is 0 Å². The van der Waals surface area contributed by atoms with Crippen LogP contribution >= 0.6 is 0 Å². The quantitative estimate of drug-likeness (QED) is 0.473. The van der Waals surface area contributed by atoms with E-state index in [0.717, 1.165) is 41.7 Å². The van der Waals surface area contributed by atoms with Gasteiger partial charge in [-0.1, -0.05) is 0 Å². The fraction of sp³-hybridized carbons (Fsp3) is 0.478. The Labute approximate surface area is 185 Å². The molecular formula is C23H26N8O. The number of nitrogens with one attached hydrogen (secondary N) is 4. The van der Waals surface area contributed by atoms with Crippen molar-refractivity contribution in [3.05, 3.63) is 40.3 Å². The van der Waals surface area contributed by atoms with Crippen molar-refractivity contribution in [1.82, 2.24) is 25.1 Å². The van der Waals surface area contributed by atoms with Crippen molar-refractivity contribution in [2.45, 2.75) is 69.1 Å². The van der Waals surface area contributed by atoms with E-state index in [-0.39, 0.29) is 5.56 Å². The average molecular weight is 431 g/mol. The van der Waals surface area contributed by atoms with Crippen molar-refractivity contribution in [2.24, 2.45) is 0 Å². The van der Waals surface area contributed by atoms with E-state index in [9.17, 15) is 4.79 Å². The third-order valence-electron chi connectivity index (χ3n) is 7.40. The molecule has 9 nitrogen and oxygen atoms in total. The Morgan fingerprint density at radius 3 is 2.78 bits per heavy atom. The minimum Gasteiger partial charge on any atom is -0.367 e. The Bertz CT molecular complexity index is 1270. The molecule has 0 amide bonds. The summed E-state index contributed by atoms with van der Waals surface area (Å²) in [5.74, 6) is 2.10. The second-order valence-electron chi connectivity index (χ2n) is 9.52. The number of fused-ring (bicyclic) bond motifs is 1. The highest BCUT2D eigenvalue weighted by Crippen LogP contribution is 2.58. The predicted octanol–water partition coefficient (Wildman–Crippen LogP) is 3.16. The number of rotatable bonds is 6. The molecule has 3 saturated heterocycles. The molecule has 3 aliphatic rings. The van der Waals surface area contributed by atoms with Gasteiger partial charge in [0, 0.05) is 59.4 Å². The van der Waals surface area contributed by atoms with Gasteiger partial charge in [0.1, 0.15) is 11.6 Å². The van der Waals surface area contributed by atoms with Crippen LogP contribution in [0, 0.1) is 18.3 Å². The largest absolute Gasteiger partial charge is 0.367 e. The molecule has 0 aliphatic carbocycles. The van der Waals surface area contributed by atoms with Crippen molar-refractivity contribution in [3.8, 4) is 6.07 Å². The van der Waals surface area contributed by atoms with Crippen LogP contribution in [-0.4, -0.2) is 48.7 Å². The van der Waals surface area contributed by atoms with Crippen molar-refractivity contribution in [2.75, 3.05) is 10.6 Å². The Morgan fingerprint density at radius 1 is 1.25 bits per heavy atom. The molecule has 6 heterocycles. The van der Waals surface area contributed by atoms with Crippen molar-refractivity contribution in [1.29, 1.82) is 5.26 Å².